The highest BCUT2D eigenvalue weighted by atomic mass is 16.4. The number of nitrogens with one attached hydrogen (secondary N) is 3. The smallest absolute Gasteiger partial charge is 0.328 e. The molecule has 0 spiro atoms. The number of carbonyl (C=O) groups excluding carboxylic acids is 3. The van der Waals surface area contributed by atoms with E-state index in [1.54, 1.807) is 6.92 Å². The Hall–Kier alpha value is -2.24. The number of hydrogen-bond donors (Lipinski definition) is 7. The Morgan fingerprint density at radius 1 is 0.900 bits per heavy atom. The Morgan fingerprint density at radius 2 is 1.40 bits per heavy atom. The predicted octanol–water partition coefficient (Wildman–Crippen LogP) is -1.68. The summed E-state index contributed by atoms with van der Waals surface area (Å²) in [6, 6.07) is -4.89. The van der Waals surface area contributed by atoms with Gasteiger partial charge in [-0.1, -0.05) is 34.1 Å². The Labute approximate surface area is 176 Å². The summed E-state index contributed by atoms with van der Waals surface area (Å²) in [5.74, 6) is -3.79. The van der Waals surface area contributed by atoms with E-state index >= 15 is 0 Å². The summed E-state index contributed by atoms with van der Waals surface area (Å²) in [6.07, 6.45) is -0.398. The number of aliphatic carboxylic acids is 1. The van der Waals surface area contributed by atoms with Crippen molar-refractivity contribution in [2.24, 2.45) is 17.6 Å². The number of nitrogens with two attached hydrogens (primary N) is 1. The van der Waals surface area contributed by atoms with E-state index in [1.807, 2.05) is 26.1 Å². The third kappa shape index (κ3) is 9.06. The summed E-state index contributed by atoms with van der Waals surface area (Å²) in [5.41, 5.74) is 5.88. The van der Waals surface area contributed by atoms with Gasteiger partial charge in [0, 0.05) is 0 Å². The number of carbonyl (C=O) groups is 4. The Kier molecular flexibility index (Phi) is 12.2. The Balaban J connectivity index is 5.39. The van der Waals surface area contributed by atoms with Gasteiger partial charge in [-0.2, -0.15) is 0 Å². The monoisotopic (exact) mass is 432 g/mol. The molecule has 0 bridgehead atoms. The van der Waals surface area contributed by atoms with Crippen LogP contribution in [0.5, 0.6) is 0 Å². The van der Waals surface area contributed by atoms with Gasteiger partial charge in [0.1, 0.15) is 18.1 Å². The zero-order chi connectivity index (χ0) is 23.6. The van der Waals surface area contributed by atoms with Gasteiger partial charge in [0.05, 0.1) is 18.8 Å². The molecule has 6 unspecified atom stereocenters. The van der Waals surface area contributed by atoms with Crippen LogP contribution in [0.25, 0.3) is 0 Å². The third-order valence-corrected chi connectivity index (χ3v) is 4.72. The van der Waals surface area contributed by atoms with Gasteiger partial charge in [0.2, 0.25) is 17.7 Å². The molecule has 0 heterocycles. The standard InChI is InChI=1S/C19H36N4O7/c1-6-10(4)14(22-16(26)12(20)7-9(2)3)17(27)23-15(11(5)25)18(28)21-13(8-24)19(29)30/h9-15,24-25H,6-8,20H2,1-5H3,(H,21,28)(H,22,26)(H,23,27)(H,29,30). The molecule has 0 aromatic carbocycles. The van der Waals surface area contributed by atoms with E-state index in [9.17, 15) is 24.3 Å². The molecule has 8 N–H and O–H groups in total. The van der Waals surface area contributed by atoms with Crippen LogP contribution in [-0.2, 0) is 19.2 Å². The molecule has 6 atom stereocenters. The summed E-state index contributed by atoms with van der Waals surface area (Å²) >= 11 is 0. The summed E-state index contributed by atoms with van der Waals surface area (Å²) in [7, 11) is 0. The molecule has 11 heteroatoms. The summed E-state index contributed by atoms with van der Waals surface area (Å²) in [5, 5.41) is 34.9. The molecule has 0 saturated carbocycles. The third-order valence-electron chi connectivity index (χ3n) is 4.72. The van der Waals surface area contributed by atoms with Crippen LogP contribution in [0.3, 0.4) is 0 Å². The topological polar surface area (TPSA) is 191 Å². The van der Waals surface area contributed by atoms with Crippen molar-refractivity contribution in [3.63, 3.8) is 0 Å². The zero-order valence-corrected chi connectivity index (χ0v) is 18.2. The van der Waals surface area contributed by atoms with E-state index < -0.39 is 60.6 Å². The van der Waals surface area contributed by atoms with Crippen molar-refractivity contribution in [3.8, 4) is 0 Å². The molecule has 0 saturated heterocycles. The number of carboxylic acid groups (broad SMARTS) is 1. The molecule has 0 aliphatic carbocycles. The minimum absolute atomic E-state index is 0.179. The lowest BCUT2D eigenvalue weighted by molar-refractivity contribution is -0.144. The number of carboxylic acids is 1. The van der Waals surface area contributed by atoms with Gasteiger partial charge in [-0.25, -0.2) is 4.79 Å². The maximum atomic E-state index is 12.8. The van der Waals surface area contributed by atoms with Crippen molar-refractivity contribution < 1.29 is 34.5 Å². The lowest BCUT2D eigenvalue weighted by Gasteiger charge is -2.29. The van der Waals surface area contributed by atoms with Crippen LogP contribution >= 0.6 is 0 Å². The van der Waals surface area contributed by atoms with Crippen molar-refractivity contribution in [1.82, 2.24) is 16.0 Å². The van der Waals surface area contributed by atoms with Gasteiger partial charge in [0.15, 0.2) is 0 Å². The van der Waals surface area contributed by atoms with Crippen LogP contribution in [0.4, 0.5) is 0 Å². The molecular formula is C19H36N4O7. The van der Waals surface area contributed by atoms with Gasteiger partial charge in [-0.05, 0) is 25.2 Å². The van der Waals surface area contributed by atoms with E-state index in [-0.39, 0.29) is 11.8 Å². The second-order valence-corrected chi connectivity index (χ2v) is 7.92. The van der Waals surface area contributed by atoms with Gasteiger partial charge >= 0.3 is 5.97 Å². The van der Waals surface area contributed by atoms with E-state index in [0.29, 0.717) is 12.8 Å². The lowest BCUT2D eigenvalue weighted by Crippen LogP contribution is -2.61. The van der Waals surface area contributed by atoms with Crippen molar-refractivity contribution >= 4 is 23.7 Å². The molecule has 174 valence electrons. The fraction of sp³-hybridized carbons (Fsp3) is 0.789. The molecule has 0 fully saturated rings. The van der Waals surface area contributed by atoms with Crippen molar-refractivity contribution in [3.05, 3.63) is 0 Å². The van der Waals surface area contributed by atoms with Crippen molar-refractivity contribution in [2.75, 3.05) is 6.61 Å². The van der Waals surface area contributed by atoms with Crippen LogP contribution in [0, 0.1) is 11.8 Å². The van der Waals surface area contributed by atoms with E-state index in [4.69, 9.17) is 15.9 Å². The Morgan fingerprint density at radius 3 is 1.80 bits per heavy atom. The summed E-state index contributed by atoms with van der Waals surface area (Å²) in [4.78, 5) is 48.5. The largest absolute Gasteiger partial charge is 0.480 e. The molecule has 0 aliphatic rings. The number of rotatable bonds is 13. The quantitative estimate of drug-likeness (QED) is 0.179. The zero-order valence-electron chi connectivity index (χ0n) is 18.2. The number of aliphatic hydroxyl groups is 2. The SMILES string of the molecule is CCC(C)C(NC(=O)C(N)CC(C)C)C(=O)NC(C(=O)NC(CO)C(=O)O)C(C)O. The first-order valence-corrected chi connectivity index (χ1v) is 10.0. The van der Waals surface area contributed by atoms with Gasteiger partial charge in [-0.15, -0.1) is 0 Å². The first kappa shape index (κ1) is 27.8. The second-order valence-electron chi connectivity index (χ2n) is 7.92. The number of amides is 3. The van der Waals surface area contributed by atoms with Crippen LogP contribution in [0.2, 0.25) is 0 Å². The first-order valence-electron chi connectivity index (χ1n) is 10.0. The maximum absolute atomic E-state index is 12.8. The predicted molar refractivity (Wildman–Crippen MR) is 109 cm³/mol. The molecule has 30 heavy (non-hydrogen) atoms. The van der Waals surface area contributed by atoms with Crippen LogP contribution in [0.15, 0.2) is 0 Å². The van der Waals surface area contributed by atoms with Crippen LogP contribution in [0.1, 0.15) is 47.5 Å². The number of hydrogen-bond acceptors (Lipinski definition) is 7. The van der Waals surface area contributed by atoms with Crippen LogP contribution < -0.4 is 21.7 Å². The average molecular weight is 433 g/mol. The minimum atomic E-state index is -1.59. The fourth-order valence-corrected chi connectivity index (χ4v) is 2.67. The molecule has 0 aromatic rings. The van der Waals surface area contributed by atoms with Crippen molar-refractivity contribution in [1.29, 1.82) is 0 Å². The molecular weight excluding hydrogens is 396 g/mol. The maximum Gasteiger partial charge on any atom is 0.328 e. The van der Waals surface area contributed by atoms with Crippen LogP contribution in [-0.4, -0.2) is 75.9 Å². The highest BCUT2D eigenvalue weighted by Gasteiger charge is 2.34. The molecule has 11 nitrogen and oxygen atoms in total. The normalized spacial score (nSPS) is 17.2. The molecule has 0 radical (unpaired) electrons. The fourth-order valence-electron chi connectivity index (χ4n) is 2.67. The van der Waals surface area contributed by atoms with Gasteiger partial charge in [0.25, 0.3) is 0 Å². The van der Waals surface area contributed by atoms with Gasteiger partial charge in [-0.3, -0.25) is 14.4 Å². The molecule has 0 aromatic heterocycles. The molecule has 0 rings (SSSR count). The minimum Gasteiger partial charge on any atom is -0.480 e. The number of aliphatic hydroxyl groups excluding tert-OH is 2. The second kappa shape index (κ2) is 13.1. The highest BCUT2D eigenvalue weighted by molar-refractivity contribution is 5.94. The van der Waals surface area contributed by atoms with E-state index in [2.05, 4.69) is 10.6 Å². The molecule has 0 aliphatic heterocycles. The van der Waals surface area contributed by atoms with E-state index in [0.717, 1.165) is 0 Å². The first-order chi connectivity index (χ1) is 13.8. The highest BCUT2D eigenvalue weighted by Crippen LogP contribution is 2.11. The molecule has 3 amide bonds. The summed E-state index contributed by atoms with van der Waals surface area (Å²) < 4.78 is 0. The van der Waals surface area contributed by atoms with Gasteiger partial charge < -0.3 is 37.0 Å². The average Bonchev–Trinajstić information content (AvgIpc) is 2.65. The lowest BCUT2D eigenvalue weighted by atomic mass is 9.96. The Bertz CT molecular complexity index is 597. The van der Waals surface area contributed by atoms with E-state index in [1.165, 1.54) is 6.92 Å². The summed E-state index contributed by atoms with van der Waals surface area (Å²) in [6.45, 7) is 7.77. The van der Waals surface area contributed by atoms with Crippen molar-refractivity contribution in [2.45, 2.75) is 77.7 Å².